The van der Waals surface area contributed by atoms with Crippen LogP contribution in [-0.2, 0) is 4.79 Å². The average Bonchev–Trinajstić information content (AvgIpc) is 3.19. The predicted octanol–water partition coefficient (Wildman–Crippen LogP) is 5.49. The van der Waals surface area contributed by atoms with Gasteiger partial charge < -0.3 is 10.2 Å². The molecule has 0 fully saturated rings. The summed E-state index contributed by atoms with van der Waals surface area (Å²) in [5.41, 5.74) is 3.01. The van der Waals surface area contributed by atoms with E-state index in [0.29, 0.717) is 23.0 Å². The van der Waals surface area contributed by atoms with Crippen molar-refractivity contribution in [1.82, 2.24) is 25.0 Å². The summed E-state index contributed by atoms with van der Waals surface area (Å²) in [6.45, 7) is 3.57. The second kappa shape index (κ2) is 12.4. The third-order valence-electron chi connectivity index (χ3n) is 5.02. The highest BCUT2D eigenvalue weighted by Crippen LogP contribution is 2.31. The van der Waals surface area contributed by atoms with Gasteiger partial charge in [-0.25, -0.2) is 0 Å². The summed E-state index contributed by atoms with van der Waals surface area (Å²) in [4.78, 5) is 14.0. The lowest BCUT2D eigenvalue weighted by Gasteiger charge is -2.12. The Morgan fingerprint density at radius 2 is 1.82 bits per heavy atom. The first-order valence-corrected chi connectivity index (χ1v) is 12.6. The number of carbonyl (C=O) groups excluding carboxylic acids is 1. The molecule has 0 spiro atoms. The van der Waals surface area contributed by atoms with Gasteiger partial charge in [0.25, 0.3) is 0 Å². The summed E-state index contributed by atoms with van der Waals surface area (Å²) < 4.78 is 2.01. The molecule has 1 amide bonds. The highest BCUT2D eigenvalue weighted by molar-refractivity contribution is 7.99. The standard InChI is InChI=1S/C24H29Cl2N5OS/c1-17-7-9-18(10-8-17)23-28-29-24(31(23)19-11-12-20(25)21(26)16-19)33-15-5-4-6-22(32)27-13-14-30(2)3/h7-12,16H,4-6,13-15H2,1-3H3,(H,27,32). The molecule has 0 saturated heterocycles. The summed E-state index contributed by atoms with van der Waals surface area (Å²) >= 11 is 14.1. The second-order valence-electron chi connectivity index (χ2n) is 8.06. The molecule has 176 valence electrons. The van der Waals surface area contributed by atoms with Crippen LogP contribution in [0.3, 0.4) is 0 Å². The van der Waals surface area contributed by atoms with E-state index in [1.54, 1.807) is 17.8 Å². The number of halogens is 2. The molecule has 0 aliphatic carbocycles. The first-order chi connectivity index (χ1) is 15.8. The quantitative estimate of drug-likeness (QED) is 0.275. The zero-order valence-corrected chi connectivity index (χ0v) is 21.5. The van der Waals surface area contributed by atoms with Crippen LogP contribution in [0.2, 0.25) is 10.0 Å². The van der Waals surface area contributed by atoms with Crippen molar-refractivity contribution in [3.63, 3.8) is 0 Å². The Kier molecular flexibility index (Phi) is 9.62. The lowest BCUT2D eigenvalue weighted by molar-refractivity contribution is -0.121. The van der Waals surface area contributed by atoms with Gasteiger partial charge in [0, 0.05) is 30.8 Å². The Balaban J connectivity index is 1.67. The summed E-state index contributed by atoms with van der Waals surface area (Å²) in [6, 6.07) is 13.7. The molecule has 1 aromatic heterocycles. The van der Waals surface area contributed by atoms with Crippen LogP contribution < -0.4 is 5.32 Å². The summed E-state index contributed by atoms with van der Waals surface area (Å²) in [5, 5.41) is 13.6. The van der Waals surface area contributed by atoms with E-state index in [-0.39, 0.29) is 5.91 Å². The number of hydrogen-bond donors (Lipinski definition) is 1. The van der Waals surface area contributed by atoms with Crippen LogP contribution in [0.15, 0.2) is 47.6 Å². The van der Waals surface area contributed by atoms with E-state index in [1.807, 2.05) is 47.8 Å². The highest BCUT2D eigenvalue weighted by Gasteiger charge is 2.17. The SMILES string of the molecule is Cc1ccc(-c2nnc(SCCCCC(=O)NCCN(C)C)n2-c2ccc(Cl)c(Cl)c2)cc1. The van der Waals surface area contributed by atoms with Gasteiger partial charge in [0.1, 0.15) is 0 Å². The maximum absolute atomic E-state index is 12.0. The minimum Gasteiger partial charge on any atom is -0.355 e. The number of hydrogen-bond acceptors (Lipinski definition) is 5. The molecule has 3 aromatic rings. The minimum absolute atomic E-state index is 0.0995. The van der Waals surface area contributed by atoms with E-state index >= 15 is 0 Å². The van der Waals surface area contributed by atoms with E-state index in [9.17, 15) is 4.79 Å². The van der Waals surface area contributed by atoms with Crippen LogP contribution in [0, 0.1) is 6.92 Å². The average molecular weight is 507 g/mol. The number of aryl methyl sites for hydroxylation is 1. The van der Waals surface area contributed by atoms with Gasteiger partial charge in [-0.1, -0.05) is 64.8 Å². The number of carbonyl (C=O) groups is 1. The molecule has 2 aromatic carbocycles. The highest BCUT2D eigenvalue weighted by atomic mass is 35.5. The maximum Gasteiger partial charge on any atom is 0.220 e. The summed E-state index contributed by atoms with van der Waals surface area (Å²) in [6.07, 6.45) is 2.26. The third-order valence-corrected chi connectivity index (χ3v) is 6.77. The molecule has 0 saturated carbocycles. The molecular formula is C24H29Cl2N5OS. The Morgan fingerprint density at radius 3 is 2.52 bits per heavy atom. The molecule has 33 heavy (non-hydrogen) atoms. The Hall–Kier alpha value is -2.06. The van der Waals surface area contributed by atoms with Gasteiger partial charge in [0.05, 0.1) is 15.7 Å². The number of thioether (sulfide) groups is 1. The lowest BCUT2D eigenvalue weighted by Crippen LogP contribution is -2.31. The first-order valence-electron chi connectivity index (χ1n) is 10.9. The van der Waals surface area contributed by atoms with Gasteiger partial charge in [-0.2, -0.15) is 0 Å². The largest absolute Gasteiger partial charge is 0.355 e. The van der Waals surface area contributed by atoms with E-state index in [0.717, 1.165) is 47.4 Å². The smallest absolute Gasteiger partial charge is 0.220 e. The van der Waals surface area contributed by atoms with Gasteiger partial charge in [-0.05, 0) is 52.1 Å². The van der Waals surface area contributed by atoms with Crippen LogP contribution in [0.4, 0.5) is 0 Å². The molecular weight excluding hydrogens is 477 g/mol. The van der Waals surface area contributed by atoms with Crippen molar-refractivity contribution < 1.29 is 4.79 Å². The molecule has 0 aliphatic rings. The van der Waals surface area contributed by atoms with Crippen LogP contribution in [0.25, 0.3) is 17.1 Å². The molecule has 6 nitrogen and oxygen atoms in total. The molecule has 0 unspecified atom stereocenters. The van der Waals surface area contributed by atoms with Crippen molar-refractivity contribution in [3.05, 3.63) is 58.1 Å². The fourth-order valence-corrected chi connectivity index (χ4v) is 4.41. The summed E-state index contributed by atoms with van der Waals surface area (Å²) in [7, 11) is 3.98. The lowest BCUT2D eigenvalue weighted by atomic mass is 10.1. The number of likely N-dealkylation sites (N-methyl/N-ethyl adjacent to an activating group) is 1. The molecule has 0 aliphatic heterocycles. The molecule has 1 N–H and O–H groups in total. The molecule has 0 radical (unpaired) electrons. The molecule has 0 bridgehead atoms. The minimum atomic E-state index is 0.0995. The van der Waals surface area contributed by atoms with Crippen molar-refractivity contribution in [2.45, 2.75) is 31.3 Å². The van der Waals surface area contributed by atoms with Crippen LogP contribution >= 0.6 is 35.0 Å². The summed E-state index contributed by atoms with van der Waals surface area (Å²) in [5.74, 6) is 1.68. The van der Waals surface area contributed by atoms with Crippen molar-refractivity contribution in [2.75, 3.05) is 32.9 Å². The van der Waals surface area contributed by atoms with Crippen molar-refractivity contribution in [3.8, 4) is 17.1 Å². The molecule has 3 rings (SSSR count). The number of nitrogens with one attached hydrogen (secondary N) is 1. The Bertz CT molecular complexity index is 1070. The van der Waals surface area contributed by atoms with Crippen LogP contribution in [0.5, 0.6) is 0 Å². The van der Waals surface area contributed by atoms with Crippen LogP contribution in [0.1, 0.15) is 24.8 Å². The normalized spacial score (nSPS) is 11.2. The topological polar surface area (TPSA) is 63.1 Å². The molecule has 9 heteroatoms. The second-order valence-corrected chi connectivity index (χ2v) is 9.94. The Labute approximate surface area is 209 Å². The van der Waals surface area contributed by atoms with Crippen molar-refractivity contribution in [2.24, 2.45) is 0 Å². The zero-order chi connectivity index (χ0) is 23.8. The monoisotopic (exact) mass is 505 g/mol. The number of unbranched alkanes of at least 4 members (excludes halogenated alkanes) is 1. The fourth-order valence-electron chi connectivity index (χ4n) is 3.17. The first kappa shape index (κ1) is 25.6. The van der Waals surface area contributed by atoms with Crippen molar-refractivity contribution >= 4 is 40.9 Å². The maximum atomic E-state index is 12.0. The van der Waals surface area contributed by atoms with E-state index < -0.39 is 0 Å². The van der Waals surface area contributed by atoms with Gasteiger partial charge >= 0.3 is 0 Å². The van der Waals surface area contributed by atoms with E-state index in [1.165, 1.54) is 5.56 Å². The fraction of sp³-hybridized carbons (Fsp3) is 0.375. The Morgan fingerprint density at radius 1 is 1.06 bits per heavy atom. The number of benzene rings is 2. The number of nitrogens with zero attached hydrogens (tertiary/aromatic N) is 4. The zero-order valence-electron chi connectivity index (χ0n) is 19.1. The van der Waals surface area contributed by atoms with Gasteiger partial charge in [0.2, 0.25) is 5.91 Å². The van der Waals surface area contributed by atoms with Gasteiger partial charge in [0.15, 0.2) is 11.0 Å². The van der Waals surface area contributed by atoms with E-state index in [2.05, 4.69) is 34.6 Å². The molecule has 1 heterocycles. The van der Waals surface area contributed by atoms with Crippen LogP contribution in [-0.4, -0.2) is 58.5 Å². The number of aromatic nitrogens is 3. The number of amides is 1. The van der Waals surface area contributed by atoms with Gasteiger partial charge in [-0.3, -0.25) is 9.36 Å². The van der Waals surface area contributed by atoms with Gasteiger partial charge in [-0.15, -0.1) is 10.2 Å². The predicted molar refractivity (Wildman–Crippen MR) is 138 cm³/mol. The number of rotatable bonds is 11. The van der Waals surface area contributed by atoms with Crippen molar-refractivity contribution in [1.29, 1.82) is 0 Å². The van der Waals surface area contributed by atoms with E-state index in [4.69, 9.17) is 23.2 Å². The molecule has 0 atom stereocenters. The third kappa shape index (κ3) is 7.47.